The third kappa shape index (κ3) is 5.73. The molecule has 0 N–H and O–H groups in total. The maximum Gasteiger partial charge on any atom is 0.406 e. The molecule has 5 nitrogen and oxygen atoms in total. The number of aromatic nitrogens is 2. The molecular formula is C11H16F3N3O2. The van der Waals surface area contributed by atoms with Gasteiger partial charge in [-0.15, -0.1) is 0 Å². The van der Waals surface area contributed by atoms with E-state index in [1.165, 1.54) is 18.7 Å². The molecule has 1 heterocycles. The second-order valence-corrected chi connectivity index (χ2v) is 3.84. The van der Waals surface area contributed by atoms with Crippen molar-refractivity contribution in [3.05, 3.63) is 18.7 Å². The molecule has 0 aromatic carbocycles. The van der Waals surface area contributed by atoms with Gasteiger partial charge < -0.3 is 9.64 Å². The van der Waals surface area contributed by atoms with Crippen LogP contribution in [0.1, 0.15) is 13.3 Å². The minimum atomic E-state index is -4.43. The Balaban J connectivity index is 2.61. The Hall–Kier alpha value is -1.57. The monoisotopic (exact) mass is 279 g/mol. The number of rotatable bonds is 6. The first-order valence-corrected chi connectivity index (χ1v) is 5.85. The molecule has 1 aromatic rings. The molecule has 0 bridgehead atoms. The van der Waals surface area contributed by atoms with E-state index in [-0.39, 0.29) is 6.54 Å². The van der Waals surface area contributed by atoms with Gasteiger partial charge in [0.05, 0.1) is 0 Å². The number of carbonyl (C=O) groups is 1. The lowest BCUT2D eigenvalue weighted by Crippen LogP contribution is -2.41. The average molecular weight is 279 g/mol. The molecule has 0 aliphatic carbocycles. The molecule has 0 atom stereocenters. The molecule has 0 spiro atoms. The number of hydrogen-bond acceptors (Lipinski definition) is 3. The van der Waals surface area contributed by atoms with Crippen LogP contribution >= 0.6 is 0 Å². The van der Waals surface area contributed by atoms with Gasteiger partial charge >= 0.3 is 12.2 Å². The van der Waals surface area contributed by atoms with E-state index in [0.29, 0.717) is 19.6 Å². The number of alkyl halides is 3. The zero-order chi connectivity index (χ0) is 14.3. The number of nitrogens with zero attached hydrogens (tertiary/aromatic N) is 3. The van der Waals surface area contributed by atoms with Crippen LogP contribution in [0, 0.1) is 0 Å². The summed E-state index contributed by atoms with van der Waals surface area (Å²) in [6, 6.07) is -0.744. The van der Waals surface area contributed by atoms with Gasteiger partial charge in [0.1, 0.15) is 12.9 Å². The molecule has 0 saturated heterocycles. The first-order valence-electron chi connectivity index (χ1n) is 5.85. The highest BCUT2D eigenvalue weighted by Gasteiger charge is 2.33. The summed E-state index contributed by atoms with van der Waals surface area (Å²) in [5.41, 5.74) is 0. The minimum absolute atomic E-state index is 0.0173. The number of amides is 1. The quantitative estimate of drug-likeness (QED) is 0.750. The third-order valence-electron chi connectivity index (χ3n) is 2.29. The van der Waals surface area contributed by atoms with E-state index in [1.54, 1.807) is 6.92 Å². The number of imidazole rings is 1. The average Bonchev–Trinajstić information content (AvgIpc) is 2.84. The first kappa shape index (κ1) is 15.5. The fourth-order valence-corrected chi connectivity index (χ4v) is 1.50. The molecule has 108 valence electrons. The van der Waals surface area contributed by atoms with Gasteiger partial charge in [-0.3, -0.25) is 4.57 Å². The maximum atomic E-state index is 12.4. The van der Waals surface area contributed by atoms with Crippen molar-refractivity contribution in [3.8, 4) is 0 Å². The maximum absolute atomic E-state index is 12.4. The Labute approximate surface area is 109 Å². The lowest BCUT2D eigenvalue weighted by atomic mass is 10.4. The third-order valence-corrected chi connectivity index (χ3v) is 2.29. The number of ether oxygens (including phenoxy) is 1. The zero-order valence-electron chi connectivity index (χ0n) is 10.6. The van der Waals surface area contributed by atoms with Crippen LogP contribution in [-0.2, 0) is 4.74 Å². The van der Waals surface area contributed by atoms with Crippen molar-refractivity contribution in [2.45, 2.75) is 19.5 Å². The molecule has 0 fully saturated rings. The topological polar surface area (TPSA) is 47.4 Å². The summed E-state index contributed by atoms with van der Waals surface area (Å²) in [6.45, 7) is 1.31. The van der Waals surface area contributed by atoms with E-state index in [9.17, 15) is 18.0 Å². The van der Waals surface area contributed by atoms with Gasteiger partial charge in [-0.25, -0.2) is 9.78 Å². The Bertz CT molecular complexity index is 379. The smallest absolute Gasteiger partial charge is 0.382 e. The zero-order valence-corrected chi connectivity index (χ0v) is 10.6. The largest absolute Gasteiger partial charge is 0.406 e. The molecule has 1 rings (SSSR count). The summed E-state index contributed by atoms with van der Waals surface area (Å²) in [4.78, 5) is 16.2. The Morgan fingerprint density at radius 1 is 1.47 bits per heavy atom. The molecule has 0 unspecified atom stereocenters. The molecule has 1 aromatic heterocycles. The van der Waals surface area contributed by atoms with Crippen molar-refractivity contribution in [2.24, 2.45) is 0 Å². The number of hydrogen-bond donors (Lipinski definition) is 0. The van der Waals surface area contributed by atoms with Crippen LogP contribution in [0.5, 0.6) is 0 Å². The highest BCUT2D eigenvalue weighted by molar-refractivity contribution is 5.76. The summed E-state index contributed by atoms with van der Waals surface area (Å²) < 4.78 is 43.4. The van der Waals surface area contributed by atoms with Crippen LogP contribution in [0.25, 0.3) is 0 Å². The van der Waals surface area contributed by atoms with Gasteiger partial charge in [0, 0.05) is 32.2 Å². The van der Waals surface area contributed by atoms with Crippen molar-refractivity contribution in [1.82, 2.24) is 14.5 Å². The first-order chi connectivity index (χ1) is 8.94. The summed E-state index contributed by atoms with van der Waals surface area (Å²) in [6.07, 6.45) is -0.251. The van der Waals surface area contributed by atoms with E-state index in [4.69, 9.17) is 4.74 Å². The molecule has 0 aliphatic rings. The highest BCUT2D eigenvalue weighted by atomic mass is 19.4. The lowest BCUT2D eigenvalue weighted by Gasteiger charge is -2.23. The summed E-state index contributed by atoms with van der Waals surface area (Å²) in [5, 5.41) is 0. The Morgan fingerprint density at radius 2 is 2.21 bits per heavy atom. The molecule has 0 radical (unpaired) electrons. The SMILES string of the molecule is CCOCCCN(CC(F)(F)F)C(=O)n1ccnc1. The van der Waals surface area contributed by atoms with Crippen molar-refractivity contribution >= 4 is 6.03 Å². The van der Waals surface area contributed by atoms with Gasteiger partial charge in [-0.05, 0) is 13.3 Å². The molecule has 0 aliphatic heterocycles. The summed E-state index contributed by atoms with van der Waals surface area (Å²) in [5.74, 6) is 0. The van der Waals surface area contributed by atoms with Crippen molar-refractivity contribution in [3.63, 3.8) is 0 Å². The van der Waals surface area contributed by atoms with E-state index in [1.807, 2.05) is 0 Å². The standard InChI is InChI=1S/C11H16F3N3O2/c1-2-19-7-3-5-16(8-11(12,13)14)10(18)17-6-4-15-9-17/h4,6,9H,2-3,5,7-8H2,1H3. The van der Waals surface area contributed by atoms with E-state index in [0.717, 1.165) is 9.47 Å². The normalized spacial score (nSPS) is 11.6. The van der Waals surface area contributed by atoms with E-state index < -0.39 is 18.8 Å². The Morgan fingerprint density at radius 3 is 2.74 bits per heavy atom. The number of carbonyl (C=O) groups excluding carboxylic acids is 1. The fourth-order valence-electron chi connectivity index (χ4n) is 1.50. The summed E-state index contributed by atoms with van der Waals surface area (Å²) >= 11 is 0. The second-order valence-electron chi connectivity index (χ2n) is 3.84. The molecule has 19 heavy (non-hydrogen) atoms. The minimum Gasteiger partial charge on any atom is -0.382 e. The van der Waals surface area contributed by atoms with Crippen LogP contribution in [0.15, 0.2) is 18.7 Å². The molecule has 8 heteroatoms. The number of halogens is 3. The van der Waals surface area contributed by atoms with Crippen LogP contribution < -0.4 is 0 Å². The van der Waals surface area contributed by atoms with Gasteiger partial charge in [-0.1, -0.05) is 0 Å². The summed E-state index contributed by atoms with van der Waals surface area (Å²) in [7, 11) is 0. The fraction of sp³-hybridized carbons (Fsp3) is 0.636. The molecular weight excluding hydrogens is 263 g/mol. The highest BCUT2D eigenvalue weighted by Crippen LogP contribution is 2.17. The predicted octanol–water partition coefficient (Wildman–Crippen LogP) is 2.14. The van der Waals surface area contributed by atoms with Gasteiger partial charge in [0.15, 0.2) is 0 Å². The van der Waals surface area contributed by atoms with Gasteiger partial charge in [0.2, 0.25) is 0 Å². The molecule has 0 saturated carbocycles. The van der Waals surface area contributed by atoms with Crippen LogP contribution in [0.4, 0.5) is 18.0 Å². The van der Waals surface area contributed by atoms with Crippen molar-refractivity contribution in [2.75, 3.05) is 26.3 Å². The van der Waals surface area contributed by atoms with Gasteiger partial charge in [0.25, 0.3) is 0 Å². The van der Waals surface area contributed by atoms with Crippen molar-refractivity contribution < 1.29 is 22.7 Å². The lowest BCUT2D eigenvalue weighted by molar-refractivity contribution is -0.140. The van der Waals surface area contributed by atoms with Gasteiger partial charge in [-0.2, -0.15) is 13.2 Å². The predicted molar refractivity (Wildman–Crippen MR) is 61.8 cm³/mol. The van der Waals surface area contributed by atoms with Crippen LogP contribution in [0.2, 0.25) is 0 Å². The second kappa shape index (κ2) is 7.13. The Kier molecular flexibility index (Phi) is 5.81. The van der Waals surface area contributed by atoms with Crippen LogP contribution in [0.3, 0.4) is 0 Å². The van der Waals surface area contributed by atoms with Crippen molar-refractivity contribution in [1.29, 1.82) is 0 Å². The van der Waals surface area contributed by atoms with E-state index >= 15 is 0 Å². The molecule has 1 amide bonds. The van der Waals surface area contributed by atoms with E-state index in [2.05, 4.69) is 4.98 Å². The van der Waals surface area contributed by atoms with Crippen LogP contribution in [-0.4, -0.2) is 53.0 Å².